The summed E-state index contributed by atoms with van der Waals surface area (Å²) in [5.74, 6) is 0.718. The molecule has 144 valence electrons. The predicted octanol–water partition coefficient (Wildman–Crippen LogP) is 1.20. The lowest BCUT2D eigenvalue weighted by atomic mass is 10.2. The molecule has 1 amide bonds. The standard InChI is InChI=1S/C21H26FN3O2/c1-23(15-17-5-3-4-6-20(17)27-2)21(26)16-24-11-13-25(14-12-24)19-9-7-18(22)8-10-19/h3-10H,11-16H2,1-2H3/p+1. The summed E-state index contributed by atoms with van der Waals surface area (Å²) in [5.41, 5.74) is 2.04. The van der Waals surface area contributed by atoms with E-state index in [1.807, 2.05) is 43.4 Å². The molecule has 1 saturated heterocycles. The van der Waals surface area contributed by atoms with Crippen molar-refractivity contribution in [3.8, 4) is 5.75 Å². The van der Waals surface area contributed by atoms with Crippen LogP contribution in [0.1, 0.15) is 5.56 Å². The number of halogens is 1. The van der Waals surface area contributed by atoms with Gasteiger partial charge in [-0.05, 0) is 30.3 Å². The number of hydrogen-bond donors (Lipinski definition) is 1. The van der Waals surface area contributed by atoms with Crippen LogP contribution in [-0.4, -0.2) is 57.7 Å². The van der Waals surface area contributed by atoms with Gasteiger partial charge in [-0.2, -0.15) is 0 Å². The molecule has 6 heteroatoms. The number of para-hydroxylation sites is 1. The number of likely N-dealkylation sites (N-methyl/N-ethyl adjacent to an activating group) is 1. The fourth-order valence-corrected chi connectivity index (χ4v) is 3.44. The van der Waals surface area contributed by atoms with E-state index >= 15 is 0 Å². The lowest BCUT2D eigenvalue weighted by Crippen LogP contribution is -3.15. The average Bonchev–Trinajstić information content (AvgIpc) is 2.69. The van der Waals surface area contributed by atoms with Crippen LogP contribution in [0.25, 0.3) is 0 Å². The van der Waals surface area contributed by atoms with Crippen LogP contribution in [-0.2, 0) is 11.3 Å². The van der Waals surface area contributed by atoms with Gasteiger partial charge in [0.15, 0.2) is 6.54 Å². The molecule has 27 heavy (non-hydrogen) atoms. The van der Waals surface area contributed by atoms with E-state index in [9.17, 15) is 9.18 Å². The zero-order valence-electron chi connectivity index (χ0n) is 16.0. The molecule has 1 aliphatic heterocycles. The molecule has 0 bridgehead atoms. The number of benzene rings is 2. The fraction of sp³-hybridized carbons (Fsp3) is 0.381. The van der Waals surface area contributed by atoms with Crippen LogP contribution < -0.4 is 14.5 Å². The molecule has 1 aliphatic rings. The second-order valence-electron chi connectivity index (χ2n) is 6.95. The first kappa shape index (κ1) is 19.2. The van der Waals surface area contributed by atoms with E-state index in [1.165, 1.54) is 17.0 Å². The zero-order valence-corrected chi connectivity index (χ0v) is 16.0. The number of methoxy groups -OCH3 is 1. The van der Waals surface area contributed by atoms with Crippen LogP contribution in [0.2, 0.25) is 0 Å². The molecule has 0 aromatic heterocycles. The second kappa shape index (κ2) is 8.86. The monoisotopic (exact) mass is 372 g/mol. The Kier molecular flexibility index (Phi) is 6.29. The third-order valence-electron chi connectivity index (χ3n) is 5.09. The highest BCUT2D eigenvalue weighted by atomic mass is 19.1. The molecule has 0 unspecified atom stereocenters. The molecule has 5 nitrogen and oxygen atoms in total. The molecule has 0 spiro atoms. The third-order valence-corrected chi connectivity index (χ3v) is 5.09. The first-order valence-electron chi connectivity index (χ1n) is 9.27. The topological polar surface area (TPSA) is 37.2 Å². The number of nitrogens with zero attached hydrogens (tertiary/aromatic N) is 2. The van der Waals surface area contributed by atoms with Crippen molar-refractivity contribution in [2.75, 3.05) is 51.8 Å². The van der Waals surface area contributed by atoms with Crippen LogP contribution in [0, 0.1) is 5.82 Å². The molecule has 0 atom stereocenters. The highest BCUT2D eigenvalue weighted by Gasteiger charge is 2.24. The fourth-order valence-electron chi connectivity index (χ4n) is 3.44. The quantitative estimate of drug-likeness (QED) is 0.828. The second-order valence-corrected chi connectivity index (χ2v) is 6.95. The van der Waals surface area contributed by atoms with E-state index in [0.29, 0.717) is 13.1 Å². The normalized spacial score (nSPS) is 14.9. The molecule has 0 aliphatic carbocycles. The first-order chi connectivity index (χ1) is 13.1. The minimum absolute atomic E-state index is 0.131. The van der Waals surface area contributed by atoms with Gasteiger partial charge in [-0.25, -0.2) is 4.39 Å². The Bertz CT molecular complexity index is 758. The van der Waals surface area contributed by atoms with Crippen molar-refractivity contribution in [1.82, 2.24) is 4.90 Å². The highest BCUT2D eigenvalue weighted by molar-refractivity contribution is 5.76. The average molecular weight is 372 g/mol. The summed E-state index contributed by atoms with van der Waals surface area (Å²) in [5, 5.41) is 0. The highest BCUT2D eigenvalue weighted by Crippen LogP contribution is 2.18. The number of carbonyl (C=O) groups is 1. The van der Waals surface area contributed by atoms with Gasteiger partial charge in [0.2, 0.25) is 0 Å². The Morgan fingerprint density at radius 2 is 1.81 bits per heavy atom. The van der Waals surface area contributed by atoms with Crippen LogP contribution in [0.15, 0.2) is 48.5 Å². The Morgan fingerprint density at radius 3 is 2.48 bits per heavy atom. The van der Waals surface area contributed by atoms with Crippen LogP contribution in [0.3, 0.4) is 0 Å². The largest absolute Gasteiger partial charge is 0.496 e. The minimum Gasteiger partial charge on any atom is -0.496 e. The van der Waals surface area contributed by atoms with Crippen LogP contribution >= 0.6 is 0 Å². The maximum absolute atomic E-state index is 13.1. The van der Waals surface area contributed by atoms with E-state index in [2.05, 4.69) is 4.90 Å². The molecular weight excluding hydrogens is 345 g/mol. The predicted molar refractivity (Wildman–Crippen MR) is 104 cm³/mol. The van der Waals surface area contributed by atoms with Crippen LogP contribution in [0.4, 0.5) is 10.1 Å². The number of amides is 1. The molecule has 1 fully saturated rings. The maximum Gasteiger partial charge on any atom is 0.277 e. The van der Waals surface area contributed by atoms with Crippen molar-refractivity contribution in [3.05, 3.63) is 59.9 Å². The Labute approximate surface area is 159 Å². The van der Waals surface area contributed by atoms with E-state index < -0.39 is 0 Å². The van der Waals surface area contributed by atoms with E-state index in [-0.39, 0.29) is 11.7 Å². The summed E-state index contributed by atoms with van der Waals surface area (Å²) in [7, 11) is 3.48. The van der Waals surface area contributed by atoms with Gasteiger partial charge in [0.05, 0.1) is 33.3 Å². The van der Waals surface area contributed by atoms with Gasteiger partial charge >= 0.3 is 0 Å². The van der Waals surface area contributed by atoms with Gasteiger partial charge in [0.25, 0.3) is 5.91 Å². The Hall–Kier alpha value is -2.60. The van der Waals surface area contributed by atoms with Crippen molar-refractivity contribution < 1.29 is 18.8 Å². The summed E-state index contributed by atoms with van der Waals surface area (Å²) < 4.78 is 18.4. The molecule has 1 heterocycles. The van der Waals surface area contributed by atoms with Crippen LogP contribution in [0.5, 0.6) is 5.75 Å². The number of hydrogen-bond acceptors (Lipinski definition) is 3. The number of ether oxygens (including phenoxy) is 1. The molecule has 0 saturated carbocycles. The van der Waals surface area contributed by atoms with E-state index in [0.717, 1.165) is 43.2 Å². The number of nitrogens with one attached hydrogen (secondary N) is 1. The van der Waals surface area contributed by atoms with E-state index in [4.69, 9.17) is 4.74 Å². The van der Waals surface area contributed by atoms with Crippen molar-refractivity contribution in [3.63, 3.8) is 0 Å². The lowest BCUT2D eigenvalue weighted by molar-refractivity contribution is -0.892. The maximum atomic E-state index is 13.1. The summed E-state index contributed by atoms with van der Waals surface area (Å²) >= 11 is 0. The zero-order chi connectivity index (χ0) is 19.2. The minimum atomic E-state index is -0.216. The molecule has 2 aromatic carbocycles. The Balaban J connectivity index is 1.49. The summed E-state index contributed by atoms with van der Waals surface area (Å²) in [6.45, 7) is 4.55. The van der Waals surface area contributed by atoms with Crippen molar-refractivity contribution in [2.24, 2.45) is 0 Å². The van der Waals surface area contributed by atoms with Gasteiger partial charge in [-0.15, -0.1) is 0 Å². The molecule has 2 aromatic rings. The number of piperazine rings is 1. The van der Waals surface area contributed by atoms with Crippen molar-refractivity contribution in [2.45, 2.75) is 6.54 Å². The lowest BCUT2D eigenvalue weighted by Gasteiger charge is -2.34. The molecule has 3 rings (SSSR count). The van der Waals surface area contributed by atoms with Gasteiger partial charge in [-0.1, -0.05) is 18.2 Å². The first-order valence-corrected chi connectivity index (χ1v) is 9.27. The van der Waals surface area contributed by atoms with Crippen molar-refractivity contribution in [1.29, 1.82) is 0 Å². The van der Waals surface area contributed by atoms with Gasteiger partial charge < -0.3 is 19.4 Å². The molecule has 1 N–H and O–H groups in total. The SMILES string of the molecule is COc1ccccc1CN(C)C(=O)C[NH+]1CCN(c2ccc(F)cc2)CC1. The number of anilines is 1. The summed E-state index contributed by atoms with van der Waals surface area (Å²) in [6.07, 6.45) is 0. The van der Waals surface area contributed by atoms with Crippen molar-refractivity contribution >= 4 is 11.6 Å². The third kappa shape index (κ3) is 4.98. The number of carbonyl (C=O) groups excluding carboxylic acids is 1. The van der Waals surface area contributed by atoms with Gasteiger partial charge in [0.1, 0.15) is 11.6 Å². The van der Waals surface area contributed by atoms with Gasteiger partial charge in [-0.3, -0.25) is 4.79 Å². The van der Waals surface area contributed by atoms with E-state index in [1.54, 1.807) is 12.0 Å². The summed E-state index contributed by atoms with van der Waals surface area (Å²) in [6, 6.07) is 14.4. The Morgan fingerprint density at radius 1 is 1.15 bits per heavy atom. The molecular formula is C21H27FN3O2+. The van der Waals surface area contributed by atoms with Gasteiger partial charge in [0, 0.05) is 24.8 Å². The number of quaternary nitrogens is 1. The summed E-state index contributed by atoms with van der Waals surface area (Å²) in [4.78, 5) is 17.9. The smallest absolute Gasteiger partial charge is 0.277 e. The number of rotatable bonds is 6. The molecule has 0 radical (unpaired) electrons.